The third-order valence-electron chi connectivity index (χ3n) is 3.64. The van der Waals surface area contributed by atoms with Crippen molar-refractivity contribution in [3.63, 3.8) is 0 Å². The van der Waals surface area contributed by atoms with Crippen molar-refractivity contribution < 1.29 is 0 Å². The second-order valence-corrected chi connectivity index (χ2v) is 5.12. The molecule has 0 bridgehead atoms. The lowest BCUT2D eigenvalue weighted by Crippen LogP contribution is -2.45. The summed E-state index contributed by atoms with van der Waals surface area (Å²) in [6.07, 6.45) is 2.47. The molecular weight excluding hydrogens is 170 g/mol. The molecular formula is C13H19N. The molecule has 2 N–H and O–H groups in total. The van der Waals surface area contributed by atoms with Crippen molar-refractivity contribution in [1.82, 2.24) is 0 Å². The van der Waals surface area contributed by atoms with Crippen molar-refractivity contribution in [3.05, 3.63) is 35.4 Å². The molecule has 0 unspecified atom stereocenters. The maximum absolute atomic E-state index is 6.28. The number of benzene rings is 1. The topological polar surface area (TPSA) is 26.0 Å². The van der Waals surface area contributed by atoms with Crippen LogP contribution in [0.15, 0.2) is 24.3 Å². The Labute approximate surface area is 86.3 Å². The van der Waals surface area contributed by atoms with Crippen LogP contribution in [0.3, 0.4) is 0 Å². The fourth-order valence-corrected chi connectivity index (χ4v) is 2.50. The van der Waals surface area contributed by atoms with E-state index in [9.17, 15) is 0 Å². The largest absolute Gasteiger partial charge is 0.325 e. The van der Waals surface area contributed by atoms with E-state index in [1.807, 2.05) is 0 Å². The quantitative estimate of drug-likeness (QED) is 0.760. The van der Waals surface area contributed by atoms with E-state index in [1.165, 1.54) is 24.0 Å². The molecule has 0 aromatic heterocycles. The van der Waals surface area contributed by atoms with Crippen molar-refractivity contribution in [3.8, 4) is 0 Å². The highest BCUT2D eigenvalue weighted by atomic mass is 14.8. The zero-order valence-corrected chi connectivity index (χ0v) is 9.30. The Balaban J connectivity index is 2.46. The molecule has 1 aliphatic rings. The zero-order valence-electron chi connectivity index (χ0n) is 9.30. The average Bonchev–Trinajstić information content (AvgIpc) is 2.84. The van der Waals surface area contributed by atoms with Gasteiger partial charge in [-0.25, -0.2) is 0 Å². The monoisotopic (exact) mass is 189 g/mol. The van der Waals surface area contributed by atoms with Gasteiger partial charge in [-0.1, -0.05) is 24.3 Å². The number of nitrogens with two attached hydrogens (primary N) is 1. The molecule has 1 aliphatic carbocycles. The molecule has 1 saturated carbocycles. The Bertz CT molecular complexity index is 342. The van der Waals surface area contributed by atoms with Gasteiger partial charge in [0.2, 0.25) is 0 Å². The van der Waals surface area contributed by atoms with Crippen LogP contribution in [0.2, 0.25) is 0 Å². The number of aryl methyl sites for hydroxylation is 1. The molecule has 1 heteroatoms. The van der Waals surface area contributed by atoms with E-state index in [0.717, 1.165) is 0 Å². The van der Waals surface area contributed by atoms with E-state index in [0.29, 0.717) is 0 Å². The Hall–Kier alpha value is -0.820. The lowest BCUT2D eigenvalue weighted by molar-refractivity contribution is 0.390. The van der Waals surface area contributed by atoms with Crippen LogP contribution >= 0.6 is 0 Å². The minimum Gasteiger partial charge on any atom is -0.325 e. The molecule has 1 aromatic rings. The van der Waals surface area contributed by atoms with Crippen LogP contribution < -0.4 is 5.73 Å². The first-order valence-electron chi connectivity index (χ1n) is 5.32. The van der Waals surface area contributed by atoms with Crippen LogP contribution in [0.25, 0.3) is 0 Å². The molecule has 0 atom stereocenters. The highest BCUT2D eigenvalue weighted by Crippen LogP contribution is 2.55. The number of hydrogen-bond acceptors (Lipinski definition) is 1. The van der Waals surface area contributed by atoms with Gasteiger partial charge in [-0.2, -0.15) is 0 Å². The summed E-state index contributed by atoms with van der Waals surface area (Å²) in [6.45, 7) is 6.47. The van der Waals surface area contributed by atoms with Crippen molar-refractivity contribution >= 4 is 0 Å². The Morgan fingerprint density at radius 1 is 1.21 bits per heavy atom. The van der Waals surface area contributed by atoms with Gasteiger partial charge in [0.25, 0.3) is 0 Å². The molecule has 76 valence electrons. The SMILES string of the molecule is Cc1ccccc1C1(C(C)(C)N)CC1. The predicted octanol–water partition coefficient (Wildman–Crippen LogP) is 2.76. The molecule has 0 aliphatic heterocycles. The molecule has 1 aromatic carbocycles. The fourth-order valence-electron chi connectivity index (χ4n) is 2.50. The summed E-state index contributed by atoms with van der Waals surface area (Å²) in [5, 5.41) is 0. The Morgan fingerprint density at radius 3 is 2.21 bits per heavy atom. The third kappa shape index (κ3) is 1.27. The summed E-state index contributed by atoms with van der Waals surface area (Å²) in [5.41, 5.74) is 9.26. The van der Waals surface area contributed by atoms with Gasteiger partial charge >= 0.3 is 0 Å². The fraction of sp³-hybridized carbons (Fsp3) is 0.538. The summed E-state index contributed by atoms with van der Waals surface area (Å²) in [4.78, 5) is 0. The average molecular weight is 189 g/mol. The lowest BCUT2D eigenvalue weighted by atomic mass is 9.77. The molecule has 0 amide bonds. The molecule has 0 radical (unpaired) electrons. The van der Waals surface area contributed by atoms with Gasteiger partial charge in [-0.15, -0.1) is 0 Å². The van der Waals surface area contributed by atoms with Gasteiger partial charge < -0.3 is 5.73 Å². The molecule has 1 fully saturated rings. The highest BCUT2D eigenvalue weighted by Gasteiger charge is 2.54. The number of hydrogen-bond donors (Lipinski definition) is 1. The summed E-state index contributed by atoms with van der Waals surface area (Å²) in [7, 11) is 0. The van der Waals surface area contributed by atoms with Crippen LogP contribution in [-0.4, -0.2) is 5.54 Å². The van der Waals surface area contributed by atoms with Crippen LogP contribution in [0, 0.1) is 6.92 Å². The van der Waals surface area contributed by atoms with Crippen LogP contribution in [0.4, 0.5) is 0 Å². The second-order valence-electron chi connectivity index (χ2n) is 5.12. The normalized spacial score (nSPS) is 19.4. The van der Waals surface area contributed by atoms with Crippen LogP contribution in [-0.2, 0) is 5.41 Å². The van der Waals surface area contributed by atoms with Crippen molar-refractivity contribution in [2.75, 3.05) is 0 Å². The van der Waals surface area contributed by atoms with E-state index >= 15 is 0 Å². The number of rotatable bonds is 2. The van der Waals surface area contributed by atoms with Crippen molar-refractivity contribution in [1.29, 1.82) is 0 Å². The van der Waals surface area contributed by atoms with E-state index in [2.05, 4.69) is 45.0 Å². The van der Waals surface area contributed by atoms with Crippen molar-refractivity contribution in [2.45, 2.75) is 44.6 Å². The molecule has 2 rings (SSSR count). The van der Waals surface area contributed by atoms with Crippen molar-refractivity contribution in [2.24, 2.45) is 5.73 Å². The first-order chi connectivity index (χ1) is 6.47. The highest BCUT2D eigenvalue weighted by molar-refractivity contribution is 5.41. The summed E-state index contributed by atoms with van der Waals surface area (Å²) in [6, 6.07) is 8.63. The third-order valence-corrected chi connectivity index (χ3v) is 3.64. The summed E-state index contributed by atoms with van der Waals surface area (Å²) < 4.78 is 0. The Kier molecular flexibility index (Phi) is 1.97. The zero-order chi connectivity index (χ0) is 10.4. The van der Waals surface area contributed by atoms with E-state index < -0.39 is 0 Å². The van der Waals surface area contributed by atoms with Crippen LogP contribution in [0.5, 0.6) is 0 Å². The Morgan fingerprint density at radius 2 is 1.79 bits per heavy atom. The standard InChI is InChI=1S/C13H19N/c1-10-6-4-5-7-11(10)13(8-9-13)12(2,3)14/h4-7H,8-9,14H2,1-3H3. The van der Waals surface area contributed by atoms with Gasteiger partial charge in [-0.3, -0.25) is 0 Å². The minimum absolute atomic E-state index is 0.0981. The first kappa shape index (κ1) is 9.72. The molecule has 0 heterocycles. The second kappa shape index (κ2) is 2.83. The van der Waals surface area contributed by atoms with Crippen LogP contribution in [0.1, 0.15) is 37.8 Å². The van der Waals surface area contributed by atoms with E-state index in [-0.39, 0.29) is 11.0 Å². The van der Waals surface area contributed by atoms with Gasteiger partial charge in [0.1, 0.15) is 0 Å². The van der Waals surface area contributed by atoms with E-state index in [1.54, 1.807) is 0 Å². The van der Waals surface area contributed by atoms with Gasteiger partial charge in [0.05, 0.1) is 0 Å². The smallest absolute Gasteiger partial charge is 0.0195 e. The minimum atomic E-state index is -0.0981. The summed E-state index contributed by atoms with van der Waals surface area (Å²) in [5.74, 6) is 0. The first-order valence-corrected chi connectivity index (χ1v) is 5.32. The molecule has 0 saturated heterocycles. The maximum atomic E-state index is 6.28. The van der Waals surface area contributed by atoms with Gasteiger partial charge in [0, 0.05) is 11.0 Å². The van der Waals surface area contributed by atoms with E-state index in [4.69, 9.17) is 5.73 Å². The lowest BCUT2D eigenvalue weighted by Gasteiger charge is -2.32. The maximum Gasteiger partial charge on any atom is 0.0195 e. The predicted molar refractivity (Wildman–Crippen MR) is 60.4 cm³/mol. The molecule has 0 spiro atoms. The van der Waals surface area contributed by atoms with Gasteiger partial charge in [-0.05, 0) is 44.7 Å². The van der Waals surface area contributed by atoms with Gasteiger partial charge in [0.15, 0.2) is 0 Å². The summed E-state index contributed by atoms with van der Waals surface area (Å²) >= 11 is 0. The molecule has 14 heavy (non-hydrogen) atoms. The molecule has 1 nitrogen and oxygen atoms in total.